The second kappa shape index (κ2) is 27.5. The van der Waals surface area contributed by atoms with Gasteiger partial charge in [-0.05, 0) is 38.2 Å². The predicted octanol–water partition coefficient (Wildman–Crippen LogP) is -3.81. The molecule has 1 aromatic carbocycles. The van der Waals surface area contributed by atoms with E-state index < -0.39 is 133 Å². The van der Waals surface area contributed by atoms with Gasteiger partial charge in [0.05, 0.1) is 19.0 Å². The van der Waals surface area contributed by atoms with Crippen LogP contribution in [0, 0.1) is 0 Å². The summed E-state index contributed by atoms with van der Waals surface area (Å²) >= 11 is 0. The molecule has 0 saturated carbocycles. The number of hydrogen-bond acceptors (Lipinski definition) is 14. The summed E-state index contributed by atoms with van der Waals surface area (Å²) in [6, 6.07) is -1.87. The predicted molar refractivity (Wildman–Crippen MR) is 244 cm³/mol. The van der Waals surface area contributed by atoms with Crippen LogP contribution in [0.15, 0.2) is 30.3 Å². The summed E-state index contributed by atoms with van der Waals surface area (Å²) in [5.41, 5.74) is 22.9. The number of nitrogens with zero attached hydrogens (tertiary/aromatic N) is 1. The van der Waals surface area contributed by atoms with E-state index in [1.165, 1.54) is 11.8 Å². The van der Waals surface area contributed by atoms with E-state index in [-0.39, 0.29) is 43.7 Å². The first-order chi connectivity index (χ1) is 31.3. The van der Waals surface area contributed by atoms with Crippen LogP contribution in [-0.2, 0) is 59.2 Å². The van der Waals surface area contributed by atoms with Gasteiger partial charge in [0.1, 0.15) is 42.3 Å². The van der Waals surface area contributed by atoms with E-state index in [2.05, 4.69) is 37.2 Å². The van der Waals surface area contributed by atoms with Gasteiger partial charge in [-0.15, -0.1) is 0 Å². The van der Waals surface area contributed by atoms with Crippen molar-refractivity contribution < 1.29 is 52.7 Å². The summed E-state index contributed by atoms with van der Waals surface area (Å²) in [7, 11) is 2.09. The molecule has 0 spiro atoms. The third kappa shape index (κ3) is 18.1. The molecule has 1 aromatic rings. The largest absolute Gasteiger partial charge is 0.370 e. The minimum absolute atomic E-state index is 0.00721. The molecule has 66 heavy (non-hydrogen) atoms. The van der Waals surface area contributed by atoms with E-state index in [0.717, 1.165) is 34.4 Å². The molecule has 2 fully saturated rings. The van der Waals surface area contributed by atoms with Gasteiger partial charge in [-0.1, -0.05) is 78.1 Å². The maximum absolute atomic E-state index is 14.4. The zero-order chi connectivity index (χ0) is 48.9. The summed E-state index contributed by atoms with van der Waals surface area (Å²) in [5.74, 6) is -9.42. The average molecular weight is 963 g/mol. The maximum Gasteiger partial charge on any atom is 0.246 e. The number of primary amides is 3. The number of unbranched alkanes of at least 4 members (excludes halogenated alkanes) is 2. The summed E-state index contributed by atoms with van der Waals surface area (Å²) < 4.78 is 0. The number of rotatable bonds is 17. The molecule has 8 atom stereocenters. The minimum atomic E-state index is -1.73. The van der Waals surface area contributed by atoms with Crippen molar-refractivity contribution in [2.24, 2.45) is 22.9 Å². The van der Waals surface area contributed by atoms with Crippen LogP contribution in [0.5, 0.6) is 0 Å². The van der Waals surface area contributed by atoms with Crippen molar-refractivity contribution in [3.63, 3.8) is 0 Å². The van der Waals surface area contributed by atoms with Crippen molar-refractivity contribution in [3.8, 4) is 0 Å². The molecule has 2 heterocycles. The van der Waals surface area contributed by atoms with Crippen LogP contribution >= 0.6 is 21.6 Å². The first kappa shape index (κ1) is 54.4. The van der Waals surface area contributed by atoms with Crippen molar-refractivity contribution in [2.45, 2.75) is 126 Å². The van der Waals surface area contributed by atoms with E-state index in [0.29, 0.717) is 18.4 Å². The Morgan fingerprint density at radius 1 is 0.773 bits per heavy atom. The lowest BCUT2D eigenvalue weighted by molar-refractivity contribution is -0.142. The van der Waals surface area contributed by atoms with Gasteiger partial charge in [0.2, 0.25) is 65.0 Å². The van der Waals surface area contributed by atoms with Crippen molar-refractivity contribution in [1.82, 2.24) is 42.1 Å². The number of likely N-dealkylation sites (tertiary alicyclic amines) is 1. The van der Waals surface area contributed by atoms with Crippen LogP contribution in [0.1, 0.15) is 77.2 Å². The van der Waals surface area contributed by atoms with Gasteiger partial charge in [0, 0.05) is 30.9 Å². The van der Waals surface area contributed by atoms with Crippen molar-refractivity contribution >= 4 is 86.6 Å². The first-order valence-corrected chi connectivity index (χ1v) is 24.1. The summed E-state index contributed by atoms with van der Waals surface area (Å²) in [6.45, 7) is 2.89. The molecule has 0 radical (unpaired) electrons. The van der Waals surface area contributed by atoms with Crippen LogP contribution in [0.2, 0.25) is 0 Å². The Hall–Kier alpha value is -5.95. The molecule has 0 bridgehead atoms. The van der Waals surface area contributed by atoms with Crippen LogP contribution in [0.25, 0.3) is 0 Å². The Morgan fingerprint density at radius 3 is 2.06 bits per heavy atom. The van der Waals surface area contributed by atoms with E-state index in [4.69, 9.17) is 22.9 Å². The summed E-state index contributed by atoms with van der Waals surface area (Å²) in [5, 5.41) is 17.6. The zero-order valence-electron chi connectivity index (χ0n) is 37.0. The van der Waals surface area contributed by atoms with E-state index in [9.17, 15) is 52.7 Å². The SMILES string of the molecule is CCCCC[C@H](NC(=O)[C@H]1CCCN1C(=O)[C@@H]1CSSCC(N)C(=O)N[C@@H](Cc2ccccc2)C(=O)N[C@H](C)C(=O)NC(CCC(N)=O)C(=O)NC(CC(N)=O)C(=O)N1)C(=O)NCC(N)=O. The van der Waals surface area contributed by atoms with Gasteiger partial charge >= 0.3 is 0 Å². The van der Waals surface area contributed by atoms with Gasteiger partial charge in [-0.25, -0.2) is 0 Å². The number of benzene rings is 1. The lowest BCUT2D eigenvalue weighted by Gasteiger charge is -2.31. The molecular weight excluding hydrogens is 901 g/mol. The highest BCUT2D eigenvalue weighted by atomic mass is 33.1. The van der Waals surface area contributed by atoms with E-state index in [1.54, 1.807) is 30.3 Å². The second-order valence-corrected chi connectivity index (χ2v) is 18.5. The number of carbonyl (C=O) groups excluding carboxylic acids is 11. The molecule has 2 aliphatic heterocycles. The van der Waals surface area contributed by atoms with E-state index >= 15 is 0 Å². The van der Waals surface area contributed by atoms with Gasteiger partial charge in [-0.2, -0.15) is 0 Å². The van der Waals surface area contributed by atoms with Gasteiger partial charge in [0.25, 0.3) is 0 Å². The molecule has 2 saturated heterocycles. The lowest BCUT2D eigenvalue weighted by Crippen LogP contribution is -2.61. The monoisotopic (exact) mass is 962 g/mol. The molecule has 0 aliphatic carbocycles. The molecule has 15 N–H and O–H groups in total. The average Bonchev–Trinajstić information content (AvgIpc) is 3.77. The highest BCUT2D eigenvalue weighted by Crippen LogP contribution is 2.26. The number of carbonyl (C=O) groups is 11. The fourth-order valence-corrected chi connectivity index (χ4v) is 9.23. The quantitative estimate of drug-likeness (QED) is 0.0527. The molecule has 11 amide bonds. The van der Waals surface area contributed by atoms with Crippen LogP contribution in [0.4, 0.5) is 0 Å². The molecule has 25 heteroatoms. The van der Waals surface area contributed by atoms with Gasteiger partial charge in [-0.3, -0.25) is 52.7 Å². The van der Waals surface area contributed by atoms with Gasteiger partial charge in [0.15, 0.2) is 0 Å². The molecule has 0 aromatic heterocycles. The zero-order valence-corrected chi connectivity index (χ0v) is 38.6. The molecular formula is C41H62N12O11S2. The highest BCUT2D eigenvalue weighted by Gasteiger charge is 2.40. The Kier molecular flexibility index (Phi) is 22.7. The highest BCUT2D eigenvalue weighted by molar-refractivity contribution is 8.76. The summed E-state index contributed by atoms with van der Waals surface area (Å²) in [6.07, 6.45) is 1.37. The fraction of sp³-hybridized carbons (Fsp3) is 0.585. The third-order valence-corrected chi connectivity index (χ3v) is 13.0. The normalized spacial score (nSPS) is 24.3. The van der Waals surface area contributed by atoms with Crippen LogP contribution in [-0.4, -0.2) is 143 Å². The van der Waals surface area contributed by atoms with Crippen molar-refractivity contribution in [3.05, 3.63) is 35.9 Å². The molecule has 2 aliphatic rings. The molecule has 23 nitrogen and oxygen atoms in total. The Labute approximate surface area is 390 Å². The molecule has 3 unspecified atom stereocenters. The number of nitrogens with two attached hydrogens (primary N) is 4. The fourth-order valence-electron chi connectivity index (χ4n) is 6.95. The first-order valence-electron chi connectivity index (χ1n) is 21.6. The van der Waals surface area contributed by atoms with E-state index in [1.807, 2.05) is 6.92 Å². The van der Waals surface area contributed by atoms with Crippen molar-refractivity contribution in [2.75, 3.05) is 24.6 Å². The number of nitrogens with one attached hydrogen (secondary N) is 7. The minimum Gasteiger partial charge on any atom is -0.370 e. The summed E-state index contributed by atoms with van der Waals surface area (Å²) in [4.78, 5) is 146. The van der Waals surface area contributed by atoms with Crippen LogP contribution < -0.4 is 60.2 Å². The Morgan fingerprint density at radius 2 is 1.41 bits per heavy atom. The number of amides is 11. The smallest absolute Gasteiger partial charge is 0.246 e. The Bertz CT molecular complexity index is 1930. The van der Waals surface area contributed by atoms with Gasteiger partial charge < -0.3 is 65.1 Å². The lowest BCUT2D eigenvalue weighted by atomic mass is 10.0. The van der Waals surface area contributed by atoms with Crippen LogP contribution in [0.3, 0.4) is 0 Å². The molecule has 364 valence electrons. The topological polar surface area (TPSA) is 379 Å². The third-order valence-electron chi connectivity index (χ3n) is 10.5. The van der Waals surface area contributed by atoms with Crippen molar-refractivity contribution in [1.29, 1.82) is 0 Å². The second-order valence-electron chi connectivity index (χ2n) is 15.9. The molecule has 3 rings (SSSR count). The Balaban J connectivity index is 1.98. The maximum atomic E-state index is 14.4. The standard InChI is InChI=1S/C41H62N12O11S2/c1-3-4-6-12-25(36(59)46-19-33(45)56)49-40(63)30-13-9-16-53(30)41(64)29-21-66-65-20-24(42)35(58)50-27(17-23-10-7-5-8-11-23)38(61)47-22(2)34(57)48-26(14-15-31(43)54)37(60)51-28(18-32(44)55)39(62)52-29/h5,7-8,10-11,22,24-30H,3-4,6,9,12-21,42H2,1-2H3,(H2,43,54)(H2,44,55)(H2,45,56)(H,46,59)(H,47,61)(H,48,57)(H,49,63)(H,50,58)(H,51,60)(H,52,62)/t22-,24?,25+,26?,27+,28?,29+,30-/m1/s1. The number of hydrogen-bond donors (Lipinski definition) is 11.